The van der Waals surface area contributed by atoms with Gasteiger partial charge in [0.05, 0.1) is 0 Å². The molecule has 0 unspecified atom stereocenters. The van der Waals surface area contributed by atoms with Crippen LogP contribution in [-0.2, 0) is 13.7 Å². The Labute approximate surface area is 110 Å². The molecule has 0 saturated heterocycles. The van der Waals surface area contributed by atoms with E-state index in [0.29, 0.717) is 5.75 Å². The van der Waals surface area contributed by atoms with E-state index < -0.39 is 7.12 Å². The molecule has 7 nitrogen and oxygen atoms in total. The number of aromatic nitrogens is 3. The summed E-state index contributed by atoms with van der Waals surface area (Å²) in [6, 6.07) is 3.34. The summed E-state index contributed by atoms with van der Waals surface area (Å²) in [7, 11) is 0.241. The van der Waals surface area contributed by atoms with Crippen LogP contribution in [0.2, 0.25) is 0 Å². The summed E-state index contributed by atoms with van der Waals surface area (Å²) in [5.41, 5.74) is 7.66. The number of anilines is 1. The van der Waals surface area contributed by atoms with E-state index in [1.807, 2.05) is 20.0 Å². The lowest BCUT2D eigenvalue weighted by molar-refractivity contribution is 0.301. The molecule has 0 aliphatic heterocycles. The van der Waals surface area contributed by atoms with E-state index in [9.17, 15) is 0 Å². The van der Waals surface area contributed by atoms with E-state index >= 15 is 0 Å². The van der Waals surface area contributed by atoms with Crippen molar-refractivity contribution in [3.63, 3.8) is 0 Å². The summed E-state index contributed by atoms with van der Waals surface area (Å²) in [4.78, 5) is 3.84. The van der Waals surface area contributed by atoms with Crippen LogP contribution in [0.25, 0.3) is 0 Å². The van der Waals surface area contributed by atoms with Crippen LogP contribution in [0.3, 0.4) is 0 Å². The van der Waals surface area contributed by atoms with Crippen LogP contribution in [0.1, 0.15) is 11.4 Å². The number of hydrogen-bond donors (Lipinski definition) is 3. The third-order valence-electron chi connectivity index (χ3n) is 2.74. The number of ether oxygens (including phenoxy) is 1. The zero-order valence-corrected chi connectivity index (χ0v) is 10.7. The second-order valence-electron chi connectivity index (χ2n) is 4.22. The third kappa shape index (κ3) is 3.04. The standard InChI is InChI=1S/C11H15BN4O3/c1-7-3-9(15-16(7)2)6-19-10-4-8(12(17)18)5-14-11(10)13/h3-5,17-18H,6H2,1-2H3,(H2,13,14). The smallest absolute Gasteiger partial charge is 0.483 e. The van der Waals surface area contributed by atoms with Crippen LogP contribution in [0, 0.1) is 6.92 Å². The maximum absolute atomic E-state index is 9.07. The van der Waals surface area contributed by atoms with Crippen molar-refractivity contribution < 1.29 is 14.8 Å². The molecular weight excluding hydrogens is 247 g/mol. The van der Waals surface area contributed by atoms with Crippen LogP contribution >= 0.6 is 0 Å². The van der Waals surface area contributed by atoms with Crippen LogP contribution in [0.15, 0.2) is 18.3 Å². The Balaban J connectivity index is 2.12. The first-order valence-electron chi connectivity index (χ1n) is 5.71. The predicted octanol–water partition coefficient (Wildman–Crippen LogP) is -1.04. The number of nitrogens with zero attached hydrogens (tertiary/aromatic N) is 3. The molecule has 0 saturated carbocycles. The summed E-state index contributed by atoms with van der Waals surface area (Å²) in [5.74, 6) is 0.492. The third-order valence-corrected chi connectivity index (χ3v) is 2.74. The Bertz CT molecular complexity index is 566. The summed E-state index contributed by atoms with van der Waals surface area (Å²) in [5, 5.41) is 22.4. The van der Waals surface area contributed by atoms with Crippen LogP contribution in [0.4, 0.5) is 5.82 Å². The molecule has 0 aromatic carbocycles. The van der Waals surface area contributed by atoms with E-state index in [0.717, 1.165) is 11.4 Å². The molecule has 4 N–H and O–H groups in total. The van der Waals surface area contributed by atoms with Gasteiger partial charge in [-0.15, -0.1) is 0 Å². The van der Waals surface area contributed by atoms with Gasteiger partial charge in [-0.25, -0.2) is 4.98 Å². The molecule has 0 bridgehead atoms. The number of rotatable bonds is 4. The predicted molar refractivity (Wildman–Crippen MR) is 70.8 cm³/mol. The molecule has 19 heavy (non-hydrogen) atoms. The SMILES string of the molecule is Cc1cc(COc2cc(B(O)O)cnc2N)nn1C. The minimum atomic E-state index is -1.60. The molecule has 0 fully saturated rings. The van der Waals surface area contributed by atoms with Crippen LogP contribution in [-0.4, -0.2) is 31.9 Å². The van der Waals surface area contributed by atoms with E-state index in [-0.39, 0.29) is 17.9 Å². The summed E-state index contributed by atoms with van der Waals surface area (Å²) in [6.07, 6.45) is 1.29. The Hall–Kier alpha value is -2.06. The molecule has 0 aliphatic rings. The normalized spacial score (nSPS) is 10.5. The van der Waals surface area contributed by atoms with Crippen molar-refractivity contribution in [1.29, 1.82) is 0 Å². The fraction of sp³-hybridized carbons (Fsp3) is 0.273. The highest BCUT2D eigenvalue weighted by Gasteiger charge is 2.14. The molecule has 0 radical (unpaired) electrons. The number of nitrogens with two attached hydrogens (primary N) is 1. The van der Waals surface area contributed by atoms with Crippen molar-refractivity contribution in [3.8, 4) is 5.75 Å². The summed E-state index contributed by atoms with van der Waals surface area (Å²) in [6.45, 7) is 2.17. The number of aryl methyl sites for hydroxylation is 2. The fourth-order valence-corrected chi connectivity index (χ4v) is 1.58. The van der Waals surface area contributed by atoms with E-state index in [4.69, 9.17) is 20.5 Å². The molecule has 0 atom stereocenters. The lowest BCUT2D eigenvalue weighted by Crippen LogP contribution is -2.30. The molecule has 2 heterocycles. The highest BCUT2D eigenvalue weighted by atomic mass is 16.5. The first-order valence-corrected chi connectivity index (χ1v) is 5.71. The molecule has 2 aromatic rings. The van der Waals surface area contributed by atoms with Gasteiger partial charge in [-0.3, -0.25) is 4.68 Å². The molecule has 2 aromatic heterocycles. The molecule has 2 rings (SSSR count). The maximum atomic E-state index is 9.07. The van der Waals surface area contributed by atoms with Crippen molar-refractivity contribution >= 4 is 18.4 Å². The molecule has 0 aliphatic carbocycles. The van der Waals surface area contributed by atoms with Gasteiger partial charge in [-0.2, -0.15) is 5.10 Å². The second kappa shape index (κ2) is 5.29. The Morgan fingerprint density at radius 1 is 1.42 bits per heavy atom. The largest absolute Gasteiger partial charge is 0.490 e. The topological polar surface area (TPSA) is 106 Å². The number of nitrogen functional groups attached to an aromatic ring is 1. The maximum Gasteiger partial charge on any atom is 0.490 e. The highest BCUT2D eigenvalue weighted by Crippen LogP contribution is 2.17. The van der Waals surface area contributed by atoms with Gasteiger partial charge in [0.25, 0.3) is 0 Å². The Morgan fingerprint density at radius 3 is 2.74 bits per heavy atom. The van der Waals surface area contributed by atoms with E-state index in [2.05, 4.69) is 10.1 Å². The first kappa shape index (κ1) is 13.4. The average Bonchev–Trinajstić information content (AvgIpc) is 2.67. The van der Waals surface area contributed by atoms with Crippen molar-refractivity contribution in [2.75, 3.05) is 5.73 Å². The summed E-state index contributed by atoms with van der Waals surface area (Å²) < 4.78 is 7.24. The molecular formula is C11H15BN4O3. The monoisotopic (exact) mass is 262 g/mol. The van der Waals surface area contributed by atoms with E-state index in [1.165, 1.54) is 12.3 Å². The Kier molecular flexibility index (Phi) is 3.73. The van der Waals surface area contributed by atoms with Gasteiger partial charge in [0, 0.05) is 24.4 Å². The molecule has 100 valence electrons. The van der Waals surface area contributed by atoms with Crippen molar-refractivity contribution in [3.05, 3.63) is 29.7 Å². The zero-order chi connectivity index (χ0) is 14.0. The van der Waals surface area contributed by atoms with Gasteiger partial charge in [0.2, 0.25) is 0 Å². The molecule has 8 heteroatoms. The lowest BCUT2D eigenvalue weighted by Gasteiger charge is -2.08. The van der Waals surface area contributed by atoms with Gasteiger partial charge in [-0.05, 0) is 19.1 Å². The average molecular weight is 262 g/mol. The first-order chi connectivity index (χ1) is 8.97. The lowest BCUT2D eigenvalue weighted by atomic mass is 9.81. The van der Waals surface area contributed by atoms with Crippen LogP contribution < -0.4 is 15.9 Å². The zero-order valence-electron chi connectivity index (χ0n) is 10.7. The van der Waals surface area contributed by atoms with Gasteiger partial charge < -0.3 is 20.5 Å². The van der Waals surface area contributed by atoms with Gasteiger partial charge in [0.1, 0.15) is 12.3 Å². The highest BCUT2D eigenvalue weighted by molar-refractivity contribution is 6.58. The summed E-state index contributed by atoms with van der Waals surface area (Å²) >= 11 is 0. The minimum absolute atomic E-state index is 0.192. The van der Waals surface area contributed by atoms with Crippen molar-refractivity contribution in [1.82, 2.24) is 14.8 Å². The Morgan fingerprint density at radius 2 is 2.16 bits per heavy atom. The van der Waals surface area contributed by atoms with Crippen LogP contribution in [0.5, 0.6) is 5.75 Å². The molecule has 0 spiro atoms. The van der Waals surface area contributed by atoms with E-state index in [1.54, 1.807) is 4.68 Å². The number of hydrogen-bond acceptors (Lipinski definition) is 6. The molecule has 0 amide bonds. The van der Waals surface area contributed by atoms with Crippen molar-refractivity contribution in [2.45, 2.75) is 13.5 Å². The second-order valence-corrected chi connectivity index (χ2v) is 4.22. The van der Waals surface area contributed by atoms with Gasteiger partial charge in [0.15, 0.2) is 11.6 Å². The quantitative estimate of drug-likeness (QED) is 0.608. The number of pyridine rings is 1. The fourth-order valence-electron chi connectivity index (χ4n) is 1.58. The minimum Gasteiger partial charge on any atom is -0.483 e. The van der Waals surface area contributed by atoms with Gasteiger partial charge >= 0.3 is 7.12 Å². The van der Waals surface area contributed by atoms with Gasteiger partial charge in [-0.1, -0.05) is 0 Å². The van der Waals surface area contributed by atoms with Crippen molar-refractivity contribution in [2.24, 2.45) is 7.05 Å².